The van der Waals surface area contributed by atoms with Crippen molar-refractivity contribution < 1.29 is 40.0 Å². The van der Waals surface area contributed by atoms with Crippen LogP contribution in [0.4, 0.5) is 17.6 Å². The second kappa shape index (κ2) is 8.51. The van der Waals surface area contributed by atoms with Gasteiger partial charge in [0.2, 0.25) is 0 Å². The molecule has 27 heavy (non-hydrogen) atoms. The molecule has 0 saturated heterocycles. The number of hydrogen-bond acceptors (Lipinski definition) is 4. The lowest BCUT2D eigenvalue weighted by molar-refractivity contribution is 0.0841. The normalized spacial score (nSPS) is 11.4. The highest BCUT2D eigenvalue weighted by atomic mass is 32.2. The van der Waals surface area contributed by atoms with Crippen LogP contribution in [0.3, 0.4) is 0 Å². The Hall–Kier alpha value is -2.43. The van der Waals surface area contributed by atoms with Gasteiger partial charge in [-0.25, -0.2) is 17.6 Å². The molecule has 0 unspecified atom stereocenters. The van der Waals surface area contributed by atoms with Crippen LogP contribution in [0.25, 0.3) is 6.08 Å². The van der Waals surface area contributed by atoms with E-state index in [1.807, 2.05) is 0 Å². The Morgan fingerprint density at radius 3 is 2.22 bits per heavy atom. The quantitative estimate of drug-likeness (QED) is 0.313. The van der Waals surface area contributed by atoms with Crippen molar-refractivity contribution in [2.24, 2.45) is 0 Å². The molecule has 0 atom stereocenters. The standard InChI is InChI=1S/C17H14F4O5S/c1-2-10-4-3-5-11(8-10)26-7-6-25-9-12-13(18)15(20)17(27(22,23)24)16(21)14(12)19/h2-5,8H,1,6-7,9H2,(H,22,23,24). The Labute approximate surface area is 152 Å². The number of benzene rings is 2. The maximum Gasteiger partial charge on any atom is 0.300 e. The largest absolute Gasteiger partial charge is 0.491 e. The second-order valence-corrected chi connectivity index (χ2v) is 6.57. The van der Waals surface area contributed by atoms with Crippen molar-refractivity contribution in [3.63, 3.8) is 0 Å². The van der Waals surface area contributed by atoms with Crippen molar-refractivity contribution in [1.82, 2.24) is 0 Å². The minimum atomic E-state index is -5.49. The molecular formula is C17H14F4O5S. The van der Waals surface area contributed by atoms with E-state index in [0.717, 1.165) is 5.56 Å². The topological polar surface area (TPSA) is 72.8 Å². The molecule has 2 rings (SSSR count). The summed E-state index contributed by atoms with van der Waals surface area (Å²) in [6.45, 7) is 2.51. The molecule has 0 radical (unpaired) electrons. The minimum absolute atomic E-state index is 0.0299. The van der Waals surface area contributed by atoms with Crippen LogP contribution in [0.1, 0.15) is 11.1 Å². The predicted molar refractivity (Wildman–Crippen MR) is 87.8 cm³/mol. The second-order valence-electron chi connectivity index (χ2n) is 5.22. The molecule has 0 aliphatic heterocycles. The fraction of sp³-hybridized carbons (Fsp3) is 0.176. The molecule has 2 aromatic rings. The van der Waals surface area contributed by atoms with Crippen molar-refractivity contribution in [3.8, 4) is 5.75 Å². The lowest BCUT2D eigenvalue weighted by Gasteiger charge is -2.11. The third kappa shape index (κ3) is 4.85. The number of hydrogen-bond donors (Lipinski definition) is 1. The minimum Gasteiger partial charge on any atom is -0.491 e. The van der Waals surface area contributed by atoms with E-state index in [9.17, 15) is 26.0 Å². The van der Waals surface area contributed by atoms with E-state index in [1.165, 1.54) is 0 Å². The van der Waals surface area contributed by atoms with Crippen LogP contribution in [0.5, 0.6) is 5.75 Å². The summed E-state index contributed by atoms with van der Waals surface area (Å²) in [5, 5.41) is 0. The summed E-state index contributed by atoms with van der Waals surface area (Å²) in [6, 6.07) is 6.86. The van der Waals surface area contributed by atoms with Gasteiger partial charge in [-0.2, -0.15) is 8.42 Å². The molecule has 2 aromatic carbocycles. The summed E-state index contributed by atoms with van der Waals surface area (Å²) in [4.78, 5) is -2.09. The maximum absolute atomic E-state index is 13.8. The van der Waals surface area contributed by atoms with Gasteiger partial charge in [0.05, 0.1) is 18.8 Å². The van der Waals surface area contributed by atoms with Gasteiger partial charge in [0.15, 0.2) is 28.2 Å². The molecule has 1 N–H and O–H groups in total. The average molecular weight is 406 g/mol. The van der Waals surface area contributed by atoms with Gasteiger partial charge in [-0.3, -0.25) is 4.55 Å². The summed E-state index contributed by atoms with van der Waals surface area (Å²) in [5.74, 6) is -7.91. The fourth-order valence-electron chi connectivity index (χ4n) is 2.13. The fourth-order valence-corrected chi connectivity index (χ4v) is 2.77. The first-order chi connectivity index (χ1) is 12.7. The van der Waals surface area contributed by atoms with Crippen LogP contribution in [-0.4, -0.2) is 26.2 Å². The van der Waals surface area contributed by atoms with Crippen molar-refractivity contribution in [2.45, 2.75) is 11.5 Å². The Morgan fingerprint density at radius 1 is 1.04 bits per heavy atom. The zero-order valence-electron chi connectivity index (χ0n) is 13.7. The molecule has 0 aliphatic carbocycles. The first-order valence-electron chi connectivity index (χ1n) is 7.42. The van der Waals surface area contributed by atoms with Gasteiger partial charge in [0, 0.05) is 0 Å². The first-order valence-corrected chi connectivity index (χ1v) is 8.86. The molecule has 0 heterocycles. The number of halogens is 4. The van der Waals surface area contributed by atoms with E-state index < -0.39 is 50.5 Å². The highest BCUT2D eigenvalue weighted by molar-refractivity contribution is 7.85. The van der Waals surface area contributed by atoms with E-state index in [4.69, 9.17) is 14.0 Å². The van der Waals surface area contributed by atoms with Crippen molar-refractivity contribution >= 4 is 16.2 Å². The van der Waals surface area contributed by atoms with E-state index in [0.29, 0.717) is 5.75 Å². The monoisotopic (exact) mass is 406 g/mol. The molecule has 10 heteroatoms. The molecule has 146 valence electrons. The van der Waals surface area contributed by atoms with Gasteiger partial charge < -0.3 is 9.47 Å². The van der Waals surface area contributed by atoms with Gasteiger partial charge in [-0.05, 0) is 17.7 Å². The van der Waals surface area contributed by atoms with Gasteiger partial charge in [0.25, 0.3) is 0 Å². The maximum atomic E-state index is 13.8. The molecule has 0 fully saturated rings. The summed E-state index contributed by atoms with van der Waals surface area (Å²) in [5.41, 5.74) is -0.339. The third-order valence-corrected chi connectivity index (χ3v) is 4.28. The first kappa shape index (κ1) is 20.9. The van der Waals surface area contributed by atoms with Gasteiger partial charge in [-0.1, -0.05) is 24.8 Å². The molecule has 0 bridgehead atoms. The average Bonchev–Trinajstić information content (AvgIpc) is 2.61. The lowest BCUT2D eigenvalue weighted by atomic mass is 10.2. The van der Waals surface area contributed by atoms with Gasteiger partial charge in [-0.15, -0.1) is 0 Å². The number of rotatable bonds is 8. The zero-order chi connectivity index (χ0) is 20.2. The molecule has 0 saturated carbocycles. The molecule has 5 nitrogen and oxygen atoms in total. The summed E-state index contributed by atoms with van der Waals surface area (Å²) >= 11 is 0. The van der Waals surface area contributed by atoms with Crippen molar-refractivity contribution in [2.75, 3.05) is 13.2 Å². The highest BCUT2D eigenvalue weighted by Gasteiger charge is 2.32. The van der Waals surface area contributed by atoms with Crippen LogP contribution in [0.15, 0.2) is 35.7 Å². The molecule has 0 aliphatic rings. The smallest absolute Gasteiger partial charge is 0.300 e. The van der Waals surface area contributed by atoms with E-state index >= 15 is 0 Å². The Bertz CT molecular complexity index is 931. The van der Waals surface area contributed by atoms with Crippen LogP contribution >= 0.6 is 0 Å². The summed E-state index contributed by atoms with van der Waals surface area (Å²) in [7, 11) is -5.49. The van der Waals surface area contributed by atoms with Gasteiger partial charge >= 0.3 is 10.1 Å². The van der Waals surface area contributed by atoms with E-state index in [2.05, 4.69) is 6.58 Å². The summed E-state index contributed by atoms with van der Waals surface area (Å²) < 4.78 is 95.6. The van der Waals surface area contributed by atoms with Crippen LogP contribution in [-0.2, 0) is 21.5 Å². The van der Waals surface area contributed by atoms with Crippen LogP contribution in [0.2, 0.25) is 0 Å². The lowest BCUT2D eigenvalue weighted by Crippen LogP contribution is -2.14. The van der Waals surface area contributed by atoms with Gasteiger partial charge in [0.1, 0.15) is 12.4 Å². The summed E-state index contributed by atoms with van der Waals surface area (Å²) in [6.07, 6.45) is 1.61. The van der Waals surface area contributed by atoms with Crippen molar-refractivity contribution in [1.29, 1.82) is 0 Å². The third-order valence-electron chi connectivity index (χ3n) is 3.41. The molecular weight excluding hydrogens is 392 g/mol. The Morgan fingerprint density at radius 2 is 1.67 bits per heavy atom. The SMILES string of the molecule is C=Cc1cccc(OCCOCc2c(F)c(F)c(S(=O)(=O)O)c(F)c2F)c1. The Balaban J connectivity index is 2.03. The predicted octanol–water partition coefficient (Wildman–Crippen LogP) is 3.73. The van der Waals surface area contributed by atoms with Crippen LogP contribution in [0, 0.1) is 23.3 Å². The molecule has 0 amide bonds. The van der Waals surface area contributed by atoms with Crippen molar-refractivity contribution in [3.05, 3.63) is 65.2 Å². The number of ether oxygens (including phenoxy) is 2. The molecule has 0 spiro atoms. The molecule has 0 aromatic heterocycles. The zero-order valence-corrected chi connectivity index (χ0v) is 14.5. The van der Waals surface area contributed by atoms with E-state index in [-0.39, 0.29) is 13.2 Å². The highest BCUT2D eigenvalue weighted by Crippen LogP contribution is 2.28. The van der Waals surface area contributed by atoms with Crippen LogP contribution < -0.4 is 4.74 Å². The van der Waals surface area contributed by atoms with E-state index in [1.54, 1.807) is 30.3 Å². The Kier molecular flexibility index (Phi) is 6.58.